The number of aromatic nitrogens is 2. The molecule has 0 unspecified atom stereocenters. The maximum atomic E-state index is 12.0. The first-order chi connectivity index (χ1) is 8.97. The average molecular weight is 407 g/mol. The number of hydrogen-bond acceptors (Lipinski definition) is 4. The third-order valence-corrected chi connectivity index (χ3v) is 3.38. The molecule has 0 spiro atoms. The predicted octanol–water partition coefficient (Wildman–Crippen LogP) is 3.61. The largest absolute Gasteiger partial charge is 0.506 e. The fraction of sp³-hybridized carbons (Fsp3) is 0. The van der Waals surface area contributed by atoms with Crippen molar-refractivity contribution in [1.29, 1.82) is 0 Å². The van der Waals surface area contributed by atoms with E-state index in [2.05, 4.69) is 47.1 Å². The number of carbonyl (C=O) groups is 1. The molecule has 2 N–H and O–H groups in total. The Morgan fingerprint density at radius 2 is 2.11 bits per heavy atom. The van der Waals surface area contributed by atoms with Gasteiger partial charge in [-0.1, -0.05) is 11.6 Å². The Balaban J connectivity index is 2.23. The molecule has 19 heavy (non-hydrogen) atoms. The van der Waals surface area contributed by atoms with Crippen molar-refractivity contribution in [3.63, 3.8) is 0 Å². The lowest BCUT2D eigenvalue weighted by Crippen LogP contribution is -2.13. The molecule has 5 nitrogen and oxygen atoms in total. The Bertz CT molecular complexity index is 652. The highest BCUT2D eigenvalue weighted by atomic mass is 79.9. The molecule has 0 radical (unpaired) electrons. The van der Waals surface area contributed by atoms with Crippen LogP contribution in [0.5, 0.6) is 5.75 Å². The van der Waals surface area contributed by atoms with Gasteiger partial charge in [0.25, 0.3) is 5.91 Å². The van der Waals surface area contributed by atoms with E-state index in [4.69, 9.17) is 11.6 Å². The van der Waals surface area contributed by atoms with E-state index < -0.39 is 5.91 Å². The summed E-state index contributed by atoms with van der Waals surface area (Å²) in [5.74, 6) is -0.195. The zero-order chi connectivity index (χ0) is 14.0. The molecule has 0 saturated carbocycles. The molecule has 0 aliphatic carbocycles. The van der Waals surface area contributed by atoms with Crippen LogP contribution in [0.2, 0.25) is 5.02 Å². The molecule has 0 bridgehead atoms. The number of aromatic hydroxyl groups is 1. The first-order valence-corrected chi connectivity index (χ1v) is 6.91. The summed E-state index contributed by atoms with van der Waals surface area (Å²) in [4.78, 5) is 20.0. The van der Waals surface area contributed by atoms with Crippen LogP contribution in [0.25, 0.3) is 0 Å². The van der Waals surface area contributed by atoms with Crippen LogP contribution in [0.3, 0.4) is 0 Å². The van der Waals surface area contributed by atoms with Gasteiger partial charge in [0.05, 0.1) is 11.2 Å². The van der Waals surface area contributed by atoms with Crippen LogP contribution in [-0.4, -0.2) is 21.0 Å². The van der Waals surface area contributed by atoms with E-state index in [0.29, 0.717) is 14.8 Å². The Morgan fingerprint density at radius 1 is 1.37 bits per heavy atom. The second-order valence-electron chi connectivity index (χ2n) is 3.45. The smallest absolute Gasteiger partial charge is 0.256 e. The van der Waals surface area contributed by atoms with Gasteiger partial charge >= 0.3 is 0 Å². The highest BCUT2D eigenvalue weighted by molar-refractivity contribution is 9.11. The molecule has 0 aliphatic heterocycles. The summed E-state index contributed by atoms with van der Waals surface area (Å²) in [7, 11) is 0. The summed E-state index contributed by atoms with van der Waals surface area (Å²) in [6, 6.07) is 4.17. The van der Waals surface area contributed by atoms with E-state index in [9.17, 15) is 9.90 Å². The molecule has 2 rings (SSSR count). The molecule has 8 heteroatoms. The van der Waals surface area contributed by atoms with Crippen molar-refractivity contribution in [3.8, 4) is 5.75 Å². The Morgan fingerprint density at radius 3 is 2.74 bits per heavy atom. The number of phenolic OH excluding ortho intramolecular Hbond substituents is 1. The second kappa shape index (κ2) is 5.85. The number of nitrogens with one attached hydrogen (secondary N) is 1. The standard InChI is InChI=1S/C11H6Br2ClN3O2/c12-8-4-15-10(9(13)16-8)17-11(19)5-1-2-7(18)6(14)3-5/h1-4,18H,(H,15,17,19). The topological polar surface area (TPSA) is 75.1 Å². The maximum absolute atomic E-state index is 12.0. The number of nitrogens with zero attached hydrogens (tertiary/aromatic N) is 2. The number of anilines is 1. The van der Waals surface area contributed by atoms with E-state index in [1.165, 1.54) is 24.4 Å². The van der Waals surface area contributed by atoms with Gasteiger partial charge in [-0.3, -0.25) is 4.79 Å². The maximum Gasteiger partial charge on any atom is 0.256 e. The van der Waals surface area contributed by atoms with Crippen LogP contribution >= 0.6 is 43.5 Å². The molecule has 1 aromatic carbocycles. The zero-order valence-electron chi connectivity index (χ0n) is 9.19. The lowest BCUT2D eigenvalue weighted by atomic mass is 10.2. The average Bonchev–Trinajstić information content (AvgIpc) is 2.36. The van der Waals surface area contributed by atoms with Crippen LogP contribution < -0.4 is 5.32 Å². The van der Waals surface area contributed by atoms with Gasteiger partial charge in [0.2, 0.25) is 0 Å². The number of amides is 1. The van der Waals surface area contributed by atoms with Crippen LogP contribution in [0.15, 0.2) is 33.6 Å². The zero-order valence-corrected chi connectivity index (χ0v) is 13.1. The minimum atomic E-state index is -0.403. The third kappa shape index (κ3) is 3.43. The molecule has 1 aromatic heterocycles. The molecular formula is C11H6Br2ClN3O2. The van der Waals surface area contributed by atoms with Crippen molar-refractivity contribution in [2.24, 2.45) is 0 Å². The highest BCUT2D eigenvalue weighted by Crippen LogP contribution is 2.25. The van der Waals surface area contributed by atoms with Gasteiger partial charge in [-0.05, 0) is 50.1 Å². The second-order valence-corrected chi connectivity index (χ2v) is 5.42. The summed E-state index contributed by atoms with van der Waals surface area (Å²) in [5.41, 5.74) is 0.305. The molecule has 0 fully saturated rings. The fourth-order valence-electron chi connectivity index (χ4n) is 1.26. The van der Waals surface area contributed by atoms with Crippen LogP contribution in [0.4, 0.5) is 5.82 Å². The van der Waals surface area contributed by atoms with E-state index in [1.807, 2.05) is 0 Å². The van der Waals surface area contributed by atoms with Crippen molar-refractivity contribution in [2.75, 3.05) is 5.32 Å². The number of hydrogen-bond donors (Lipinski definition) is 2. The molecule has 2 aromatic rings. The minimum Gasteiger partial charge on any atom is -0.506 e. The monoisotopic (exact) mass is 405 g/mol. The van der Waals surface area contributed by atoms with Gasteiger partial charge in [-0.25, -0.2) is 9.97 Å². The SMILES string of the molecule is O=C(Nc1ncc(Br)nc1Br)c1ccc(O)c(Cl)c1. The van der Waals surface area contributed by atoms with Gasteiger partial charge in [0.15, 0.2) is 5.82 Å². The van der Waals surface area contributed by atoms with Gasteiger partial charge in [-0.15, -0.1) is 0 Å². The van der Waals surface area contributed by atoms with Crippen LogP contribution in [0.1, 0.15) is 10.4 Å². The summed E-state index contributed by atoms with van der Waals surface area (Å²) < 4.78 is 0.949. The van der Waals surface area contributed by atoms with Crippen molar-refractivity contribution in [3.05, 3.63) is 44.2 Å². The van der Waals surface area contributed by atoms with Crippen molar-refractivity contribution < 1.29 is 9.90 Å². The van der Waals surface area contributed by atoms with Gasteiger partial charge in [-0.2, -0.15) is 0 Å². The molecule has 1 heterocycles. The van der Waals surface area contributed by atoms with E-state index in [1.54, 1.807) is 0 Å². The molecule has 98 valence electrons. The van der Waals surface area contributed by atoms with Crippen LogP contribution in [-0.2, 0) is 0 Å². The fourth-order valence-corrected chi connectivity index (χ4v) is 2.35. The summed E-state index contributed by atoms with van der Waals surface area (Å²) >= 11 is 12.1. The predicted molar refractivity (Wildman–Crippen MR) is 78.5 cm³/mol. The van der Waals surface area contributed by atoms with E-state index >= 15 is 0 Å². The number of rotatable bonds is 2. The van der Waals surface area contributed by atoms with Crippen molar-refractivity contribution in [1.82, 2.24) is 9.97 Å². The van der Waals surface area contributed by atoms with E-state index in [0.717, 1.165) is 0 Å². The van der Waals surface area contributed by atoms with E-state index in [-0.39, 0.29) is 16.6 Å². The Hall–Kier alpha value is -1.18. The first-order valence-electron chi connectivity index (χ1n) is 4.95. The van der Waals surface area contributed by atoms with Crippen LogP contribution in [0, 0.1) is 0 Å². The number of halogens is 3. The number of carbonyl (C=O) groups excluding carboxylic acids is 1. The summed E-state index contributed by atoms with van der Waals surface area (Å²) in [6.45, 7) is 0. The molecule has 1 amide bonds. The van der Waals surface area contributed by atoms with Gasteiger partial charge in [0, 0.05) is 5.56 Å². The number of phenols is 1. The lowest BCUT2D eigenvalue weighted by molar-refractivity contribution is 0.102. The quantitative estimate of drug-likeness (QED) is 0.798. The minimum absolute atomic E-state index is 0.0807. The summed E-state index contributed by atoms with van der Waals surface area (Å²) in [5, 5.41) is 12.0. The highest BCUT2D eigenvalue weighted by Gasteiger charge is 2.12. The van der Waals surface area contributed by atoms with Crippen molar-refractivity contribution in [2.45, 2.75) is 0 Å². The Labute approximate surface area is 130 Å². The molecule has 0 saturated heterocycles. The van der Waals surface area contributed by atoms with Gasteiger partial charge in [0.1, 0.15) is 15.0 Å². The number of benzene rings is 1. The first kappa shape index (κ1) is 14.2. The molecule has 0 aliphatic rings. The summed E-state index contributed by atoms with van der Waals surface area (Å²) in [6.07, 6.45) is 1.46. The lowest BCUT2D eigenvalue weighted by Gasteiger charge is -2.06. The third-order valence-electron chi connectivity index (χ3n) is 2.14. The van der Waals surface area contributed by atoms with Crippen molar-refractivity contribution >= 4 is 55.2 Å². The van der Waals surface area contributed by atoms with Gasteiger partial charge < -0.3 is 10.4 Å². The molecular weight excluding hydrogens is 401 g/mol. The molecule has 0 atom stereocenters. The Kier molecular flexibility index (Phi) is 4.38. The normalized spacial score (nSPS) is 10.3.